The molecule has 0 aliphatic carbocycles. The van der Waals surface area contributed by atoms with Gasteiger partial charge in [-0.2, -0.15) is 0 Å². The van der Waals surface area contributed by atoms with Crippen molar-refractivity contribution in [2.24, 2.45) is 5.73 Å². The van der Waals surface area contributed by atoms with E-state index in [0.717, 1.165) is 34.3 Å². The molecule has 0 saturated heterocycles. The van der Waals surface area contributed by atoms with E-state index >= 15 is 0 Å². The molecule has 0 aromatic carbocycles. The Hall–Kier alpha value is -1.46. The molecule has 96 valence electrons. The number of hydrogen-bond acceptors (Lipinski definition) is 5. The molecule has 0 atom stereocenters. The summed E-state index contributed by atoms with van der Waals surface area (Å²) in [6, 6.07) is 3.84. The highest BCUT2D eigenvalue weighted by Crippen LogP contribution is 2.18. The molecule has 0 aliphatic heterocycles. The molecule has 2 aromatic heterocycles. The van der Waals surface area contributed by atoms with Crippen molar-refractivity contribution >= 4 is 11.3 Å². The Bertz CT molecular complexity index is 525. The molecule has 4 nitrogen and oxygen atoms in total. The molecule has 0 spiro atoms. The quantitative estimate of drug-likeness (QED) is 0.900. The van der Waals surface area contributed by atoms with Gasteiger partial charge in [0.1, 0.15) is 12.4 Å². The topological polar surface area (TPSA) is 61.0 Å². The lowest BCUT2D eigenvalue weighted by Gasteiger charge is -2.09. The lowest BCUT2D eigenvalue weighted by atomic mass is 10.3. The van der Waals surface area contributed by atoms with Crippen LogP contribution in [-0.2, 0) is 19.6 Å². The van der Waals surface area contributed by atoms with Gasteiger partial charge in [-0.15, -0.1) is 11.3 Å². The van der Waals surface area contributed by atoms with Crippen LogP contribution in [0.5, 0.6) is 5.75 Å². The normalized spacial score (nSPS) is 10.6. The van der Waals surface area contributed by atoms with Crippen LogP contribution < -0.4 is 10.5 Å². The van der Waals surface area contributed by atoms with E-state index in [2.05, 4.69) is 16.9 Å². The van der Waals surface area contributed by atoms with E-state index in [1.807, 2.05) is 24.4 Å². The number of thiazole rings is 1. The van der Waals surface area contributed by atoms with Gasteiger partial charge < -0.3 is 10.5 Å². The molecule has 0 radical (unpaired) electrons. The lowest BCUT2D eigenvalue weighted by molar-refractivity contribution is 0.297. The summed E-state index contributed by atoms with van der Waals surface area (Å²) >= 11 is 1.67. The summed E-state index contributed by atoms with van der Waals surface area (Å²) in [7, 11) is 0. The minimum absolute atomic E-state index is 0.383. The fraction of sp³-hybridized carbons (Fsp3) is 0.385. The summed E-state index contributed by atoms with van der Waals surface area (Å²) in [5.74, 6) is 0.745. The van der Waals surface area contributed by atoms with E-state index < -0.39 is 0 Å². The first-order valence-corrected chi connectivity index (χ1v) is 6.83. The Balaban J connectivity index is 2.05. The molecular formula is C13H17N3OS. The Labute approximate surface area is 111 Å². The number of ether oxygens (including phenoxy) is 1. The average Bonchev–Trinajstić information content (AvgIpc) is 2.85. The van der Waals surface area contributed by atoms with Crippen LogP contribution >= 0.6 is 11.3 Å². The molecule has 0 saturated carbocycles. The van der Waals surface area contributed by atoms with Gasteiger partial charge in [0.05, 0.1) is 16.4 Å². The average molecular weight is 263 g/mol. The minimum Gasteiger partial charge on any atom is -0.485 e. The van der Waals surface area contributed by atoms with Crippen molar-refractivity contribution in [2.75, 3.05) is 0 Å². The molecule has 2 rings (SSSR count). The summed E-state index contributed by atoms with van der Waals surface area (Å²) in [6.07, 6.45) is 0.963. The van der Waals surface area contributed by atoms with Gasteiger partial charge in [0, 0.05) is 17.6 Å². The Kier molecular flexibility index (Phi) is 4.28. The van der Waals surface area contributed by atoms with Gasteiger partial charge in [0.25, 0.3) is 0 Å². The Morgan fingerprint density at radius 1 is 1.33 bits per heavy atom. The van der Waals surface area contributed by atoms with Gasteiger partial charge in [-0.25, -0.2) is 4.98 Å². The maximum Gasteiger partial charge on any atom is 0.142 e. The predicted molar refractivity (Wildman–Crippen MR) is 72.7 cm³/mol. The Morgan fingerprint density at radius 2 is 2.17 bits per heavy atom. The van der Waals surface area contributed by atoms with E-state index in [4.69, 9.17) is 10.5 Å². The highest BCUT2D eigenvalue weighted by molar-refractivity contribution is 7.09. The number of rotatable bonds is 5. The van der Waals surface area contributed by atoms with E-state index in [1.165, 1.54) is 0 Å². The van der Waals surface area contributed by atoms with Crippen molar-refractivity contribution in [3.63, 3.8) is 0 Å². The third-order valence-electron chi connectivity index (χ3n) is 2.54. The highest BCUT2D eigenvalue weighted by atomic mass is 32.1. The van der Waals surface area contributed by atoms with Crippen LogP contribution in [0, 0.1) is 6.92 Å². The molecule has 18 heavy (non-hydrogen) atoms. The minimum atomic E-state index is 0.383. The predicted octanol–water partition coefficient (Wildman–Crippen LogP) is 2.45. The largest absolute Gasteiger partial charge is 0.485 e. The van der Waals surface area contributed by atoms with Crippen molar-refractivity contribution in [3.05, 3.63) is 39.6 Å². The summed E-state index contributed by atoms with van der Waals surface area (Å²) in [5, 5.41) is 3.16. The standard InChI is InChI=1S/C13H17N3OS/c1-3-13-16-10(8-18-13)7-17-12-5-4-9(2)15-11(12)6-14/h4-5,8H,3,6-7,14H2,1-2H3. The monoisotopic (exact) mass is 263 g/mol. The van der Waals surface area contributed by atoms with Crippen LogP contribution in [0.4, 0.5) is 0 Å². The van der Waals surface area contributed by atoms with E-state index in [-0.39, 0.29) is 0 Å². The summed E-state index contributed by atoms with van der Waals surface area (Å²) in [6.45, 7) is 4.89. The van der Waals surface area contributed by atoms with Crippen molar-refractivity contribution in [1.29, 1.82) is 0 Å². The number of nitrogens with zero attached hydrogens (tertiary/aromatic N) is 2. The first-order chi connectivity index (χ1) is 8.72. The SMILES string of the molecule is CCc1nc(COc2ccc(C)nc2CN)cs1. The Morgan fingerprint density at radius 3 is 2.83 bits per heavy atom. The number of nitrogens with two attached hydrogens (primary N) is 1. The molecule has 5 heteroatoms. The summed E-state index contributed by atoms with van der Waals surface area (Å²) < 4.78 is 5.73. The van der Waals surface area contributed by atoms with Crippen LogP contribution in [0.25, 0.3) is 0 Å². The van der Waals surface area contributed by atoms with Gasteiger partial charge in [-0.3, -0.25) is 4.98 Å². The van der Waals surface area contributed by atoms with E-state index in [1.54, 1.807) is 11.3 Å². The van der Waals surface area contributed by atoms with Crippen LogP contribution in [0.2, 0.25) is 0 Å². The first-order valence-electron chi connectivity index (χ1n) is 5.95. The lowest BCUT2D eigenvalue weighted by Crippen LogP contribution is -2.06. The highest BCUT2D eigenvalue weighted by Gasteiger charge is 2.06. The van der Waals surface area contributed by atoms with Crippen molar-refractivity contribution in [1.82, 2.24) is 9.97 Å². The molecule has 0 amide bonds. The number of aromatic nitrogens is 2. The van der Waals surface area contributed by atoms with Gasteiger partial charge in [0.15, 0.2) is 0 Å². The number of hydrogen-bond donors (Lipinski definition) is 1. The second kappa shape index (κ2) is 5.93. The van der Waals surface area contributed by atoms with Crippen molar-refractivity contribution < 1.29 is 4.74 Å². The zero-order chi connectivity index (χ0) is 13.0. The van der Waals surface area contributed by atoms with Gasteiger partial charge in [0.2, 0.25) is 0 Å². The van der Waals surface area contributed by atoms with Crippen molar-refractivity contribution in [3.8, 4) is 5.75 Å². The van der Waals surface area contributed by atoms with E-state index in [9.17, 15) is 0 Å². The molecule has 2 N–H and O–H groups in total. The van der Waals surface area contributed by atoms with E-state index in [0.29, 0.717) is 13.2 Å². The first kappa shape index (κ1) is 13.0. The smallest absolute Gasteiger partial charge is 0.142 e. The molecular weight excluding hydrogens is 246 g/mol. The zero-order valence-corrected chi connectivity index (χ0v) is 11.5. The van der Waals surface area contributed by atoms with Crippen molar-refractivity contribution in [2.45, 2.75) is 33.4 Å². The third kappa shape index (κ3) is 3.05. The summed E-state index contributed by atoms with van der Waals surface area (Å²) in [5.41, 5.74) is 8.36. The molecule has 0 aliphatic rings. The second-order valence-corrected chi connectivity index (χ2v) is 4.92. The fourth-order valence-electron chi connectivity index (χ4n) is 1.60. The number of aryl methyl sites for hydroxylation is 2. The zero-order valence-electron chi connectivity index (χ0n) is 10.6. The van der Waals surface area contributed by atoms with Gasteiger partial charge in [-0.1, -0.05) is 6.92 Å². The summed E-state index contributed by atoms with van der Waals surface area (Å²) in [4.78, 5) is 8.82. The molecule has 0 bridgehead atoms. The third-order valence-corrected chi connectivity index (χ3v) is 3.58. The maximum absolute atomic E-state index is 5.73. The van der Waals surface area contributed by atoms with Crippen LogP contribution in [0.1, 0.15) is 29.0 Å². The molecule has 2 heterocycles. The molecule has 0 fully saturated rings. The second-order valence-electron chi connectivity index (χ2n) is 3.98. The van der Waals surface area contributed by atoms with Gasteiger partial charge >= 0.3 is 0 Å². The fourth-order valence-corrected chi connectivity index (χ4v) is 2.33. The van der Waals surface area contributed by atoms with Crippen LogP contribution in [0.15, 0.2) is 17.5 Å². The molecule has 2 aromatic rings. The number of pyridine rings is 1. The van der Waals surface area contributed by atoms with Crippen LogP contribution in [-0.4, -0.2) is 9.97 Å². The molecule has 0 unspecified atom stereocenters. The van der Waals surface area contributed by atoms with Gasteiger partial charge in [-0.05, 0) is 25.5 Å². The van der Waals surface area contributed by atoms with Crippen LogP contribution in [0.3, 0.4) is 0 Å². The maximum atomic E-state index is 5.73.